The summed E-state index contributed by atoms with van der Waals surface area (Å²) < 4.78 is 5.79. The molecule has 0 aromatic carbocycles. The lowest BCUT2D eigenvalue weighted by atomic mass is 9.92. The van der Waals surface area contributed by atoms with Crippen molar-refractivity contribution in [2.24, 2.45) is 0 Å². The first-order valence-corrected chi connectivity index (χ1v) is 8.23. The average Bonchev–Trinajstić information content (AvgIpc) is 3.22. The molecule has 2 fully saturated rings. The lowest BCUT2D eigenvalue weighted by Crippen LogP contribution is -2.56. The van der Waals surface area contributed by atoms with Gasteiger partial charge in [0.15, 0.2) is 0 Å². The van der Waals surface area contributed by atoms with Crippen molar-refractivity contribution in [3.63, 3.8) is 0 Å². The van der Waals surface area contributed by atoms with E-state index in [1.54, 1.807) is 0 Å². The van der Waals surface area contributed by atoms with E-state index in [1.165, 1.54) is 12.8 Å². The van der Waals surface area contributed by atoms with Gasteiger partial charge in [-0.05, 0) is 46.5 Å². The number of hydrogen-bond acceptors (Lipinski definition) is 4. The van der Waals surface area contributed by atoms with E-state index in [4.69, 9.17) is 4.74 Å². The van der Waals surface area contributed by atoms with Crippen LogP contribution < -0.4 is 5.32 Å². The number of nitrogens with one attached hydrogen (secondary N) is 1. The number of ether oxygens (including phenoxy) is 1. The lowest BCUT2D eigenvalue weighted by molar-refractivity contribution is -0.0750. The molecule has 0 amide bonds. The quantitative estimate of drug-likeness (QED) is 0.748. The number of rotatable bonds is 7. The second kappa shape index (κ2) is 6.73. The SMILES string of the molecule is CCC1COC(C)CN1C(C)CC(C)(CO)NC1CC1. The summed E-state index contributed by atoms with van der Waals surface area (Å²) >= 11 is 0. The molecule has 4 heteroatoms. The summed E-state index contributed by atoms with van der Waals surface area (Å²) in [5, 5.41) is 13.4. The Hall–Kier alpha value is -0.160. The molecule has 1 heterocycles. The molecule has 2 rings (SSSR count). The van der Waals surface area contributed by atoms with E-state index in [0.29, 0.717) is 24.2 Å². The van der Waals surface area contributed by atoms with E-state index in [-0.39, 0.29) is 12.1 Å². The smallest absolute Gasteiger partial charge is 0.0674 e. The number of aliphatic hydroxyl groups excluding tert-OH is 1. The average molecular weight is 284 g/mol. The van der Waals surface area contributed by atoms with E-state index in [1.807, 2.05) is 0 Å². The van der Waals surface area contributed by atoms with Gasteiger partial charge in [-0.25, -0.2) is 0 Å². The van der Waals surface area contributed by atoms with Gasteiger partial charge in [-0.3, -0.25) is 4.90 Å². The molecule has 4 nitrogen and oxygen atoms in total. The molecule has 20 heavy (non-hydrogen) atoms. The third-order valence-electron chi connectivity index (χ3n) is 4.77. The third-order valence-corrected chi connectivity index (χ3v) is 4.77. The first kappa shape index (κ1) is 16.2. The Bertz CT molecular complexity index is 309. The molecule has 2 aliphatic rings. The zero-order chi connectivity index (χ0) is 14.8. The number of aliphatic hydroxyl groups is 1. The van der Waals surface area contributed by atoms with Crippen molar-refractivity contribution >= 4 is 0 Å². The zero-order valence-corrected chi connectivity index (χ0v) is 13.6. The summed E-state index contributed by atoms with van der Waals surface area (Å²) in [5.41, 5.74) is -0.152. The maximum atomic E-state index is 9.78. The summed E-state index contributed by atoms with van der Waals surface area (Å²) in [6.07, 6.45) is 4.95. The maximum Gasteiger partial charge on any atom is 0.0674 e. The van der Waals surface area contributed by atoms with Crippen LogP contribution in [-0.4, -0.2) is 59.5 Å². The molecule has 1 saturated carbocycles. The summed E-state index contributed by atoms with van der Waals surface area (Å²) in [7, 11) is 0. The lowest BCUT2D eigenvalue weighted by Gasteiger charge is -2.44. The maximum absolute atomic E-state index is 9.78. The summed E-state index contributed by atoms with van der Waals surface area (Å²) in [4.78, 5) is 2.58. The van der Waals surface area contributed by atoms with Crippen LogP contribution in [0.4, 0.5) is 0 Å². The van der Waals surface area contributed by atoms with Crippen LogP contribution in [0.15, 0.2) is 0 Å². The molecule has 0 spiro atoms. The van der Waals surface area contributed by atoms with Crippen molar-refractivity contribution in [1.82, 2.24) is 10.2 Å². The van der Waals surface area contributed by atoms with E-state index in [9.17, 15) is 5.11 Å². The van der Waals surface area contributed by atoms with Crippen LogP contribution >= 0.6 is 0 Å². The minimum absolute atomic E-state index is 0.152. The van der Waals surface area contributed by atoms with Crippen LogP contribution in [-0.2, 0) is 4.74 Å². The monoisotopic (exact) mass is 284 g/mol. The van der Waals surface area contributed by atoms with Gasteiger partial charge in [0, 0.05) is 30.2 Å². The molecule has 2 N–H and O–H groups in total. The minimum atomic E-state index is -0.152. The van der Waals surface area contributed by atoms with E-state index >= 15 is 0 Å². The molecule has 1 saturated heterocycles. The molecule has 0 bridgehead atoms. The fourth-order valence-electron chi connectivity index (χ4n) is 3.42. The van der Waals surface area contributed by atoms with Gasteiger partial charge in [0.05, 0.1) is 19.3 Å². The van der Waals surface area contributed by atoms with Gasteiger partial charge in [0.2, 0.25) is 0 Å². The molecule has 1 aliphatic heterocycles. The first-order chi connectivity index (χ1) is 9.47. The van der Waals surface area contributed by atoms with Crippen LogP contribution in [0.3, 0.4) is 0 Å². The predicted octanol–water partition coefficient (Wildman–Crippen LogP) is 1.77. The molecule has 4 atom stereocenters. The van der Waals surface area contributed by atoms with Gasteiger partial charge in [0.1, 0.15) is 0 Å². The fourth-order valence-corrected chi connectivity index (χ4v) is 3.42. The van der Waals surface area contributed by atoms with Gasteiger partial charge in [0.25, 0.3) is 0 Å². The van der Waals surface area contributed by atoms with Crippen molar-refractivity contribution in [3.8, 4) is 0 Å². The highest BCUT2D eigenvalue weighted by atomic mass is 16.5. The number of hydrogen-bond donors (Lipinski definition) is 2. The Morgan fingerprint density at radius 3 is 2.70 bits per heavy atom. The predicted molar refractivity (Wildman–Crippen MR) is 81.9 cm³/mol. The van der Waals surface area contributed by atoms with Gasteiger partial charge >= 0.3 is 0 Å². The van der Waals surface area contributed by atoms with E-state index in [2.05, 4.69) is 37.9 Å². The highest BCUT2D eigenvalue weighted by Gasteiger charge is 2.36. The largest absolute Gasteiger partial charge is 0.394 e. The zero-order valence-electron chi connectivity index (χ0n) is 13.6. The third kappa shape index (κ3) is 4.17. The molecular weight excluding hydrogens is 252 g/mol. The van der Waals surface area contributed by atoms with Crippen molar-refractivity contribution < 1.29 is 9.84 Å². The number of nitrogens with zero attached hydrogens (tertiary/aromatic N) is 1. The highest BCUT2D eigenvalue weighted by molar-refractivity contribution is 4.95. The van der Waals surface area contributed by atoms with Crippen molar-refractivity contribution in [2.45, 2.75) is 83.1 Å². The summed E-state index contributed by atoms with van der Waals surface area (Å²) in [6, 6.07) is 1.62. The Balaban J connectivity index is 1.94. The van der Waals surface area contributed by atoms with Crippen molar-refractivity contribution in [1.29, 1.82) is 0 Å². The van der Waals surface area contributed by atoms with Gasteiger partial charge in [-0.1, -0.05) is 6.92 Å². The fraction of sp³-hybridized carbons (Fsp3) is 1.00. The molecule has 0 aromatic rings. The Morgan fingerprint density at radius 2 is 2.15 bits per heavy atom. The summed E-state index contributed by atoms with van der Waals surface area (Å²) in [6.45, 7) is 10.9. The molecular formula is C16H32N2O2. The Kier molecular flexibility index (Phi) is 5.46. The molecule has 1 aliphatic carbocycles. The second-order valence-electron chi connectivity index (χ2n) is 7.09. The second-order valence-corrected chi connectivity index (χ2v) is 7.09. The molecule has 4 unspecified atom stereocenters. The normalized spacial score (nSPS) is 32.9. The molecule has 118 valence electrons. The van der Waals surface area contributed by atoms with Crippen molar-refractivity contribution in [2.75, 3.05) is 19.8 Å². The van der Waals surface area contributed by atoms with Gasteiger partial charge < -0.3 is 15.2 Å². The van der Waals surface area contributed by atoms with Crippen LogP contribution in [0.25, 0.3) is 0 Å². The van der Waals surface area contributed by atoms with E-state index < -0.39 is 0 Å². The minimum Gasteiger partial charge on any atom is -0.394 e. The Morgan fingerprint density at radius 1 is 1.45 bits per heavy atom. The van der Waals surface area contributed by atoms with Crippen molar-refractivity contribution in [3.05, 3.63) is 0 Å². The topological polar surface area (TPSA) is 44.7 Å². The van der Waals surface area contributed by atoms with Crippen LogP contribution in [0, 0.1) is 0 Å². The van der Waals surface area contributed by atoms with Crippen LogP contribution in [0.1, 0.15) is 53.4 Å². The van der Waals surface area contributed by atoms with Crippen LogP contribution in [0.5, 0.6) is 0 Å². The Labute approximate surface area is 123 Å². The molecule has 0 aromatic heterocycles. The summed E-state index contributed by atoms with van der Waals surface area (Å²) in [5.74, 6) is 0. The molecule has 0 radical (unpaired) electrons. The van der Waals surface area contributed by atoms with Gasteiger partial charge in [-0.2, -0.15) is 0 Å². The van der Waals surface area contributed by atoms with E-state index in [0.717, 1.165) is 26.0 Å². The van der Waals surface area contributed by atoms with Crippen LogP contribution in [0.2, 0.25) is 0 Å². The highest BCUT2D eigenvalue weighted by Crippen LogP contribution is 2.27. The number of morpholine rings is 1. The standard InChI is InChI=1S/C16H32N2O2/c1-5-15-10-20-13(3)9-18(15)12(2)8-16(4,11-19)17-14-6-7-14/h12-15,17,19H,5-11H2,1-4H3. The van der Waals surface area contributed by atoms with Gasteiger partial charge in [-0.15, -0.1) is 0 Å². The first-order valence-electron chi connectivity index (χ1n) is 8.23.